The van der Waals surface area contributed by atoms with Gasteiger partial charge in [-0.05, 0) is 24.6 Å². The van der Waals surface area contributed by atoms with Crippen LogP contribution >= 0.6 is 0 Å². The highest BCUT2D eigenvalue weighted by molar-refractivity contribution is 5.88. The van der Waals surface area contributed by atoms with E-state index >= 15 is 0 Å². The number of benzene rings is 1. The maximum absolute atomic E-state index is 11.3. The number of carbonyl (C=O) groups excluding carboxylic acids is 1. The van der Waals surface area contributed by atoms with Crippen LogP contribution in [0.1, 0.15) is 12.5 Å². The number of aliphatic hydroxyl groups is 1. The fraction of sp³-hybridized carbons (Fsp3) is 0.312. The Morgan fingerprint density at radius 3 is 2.08 bits per heavy atom. The molecule has 10 nitrogen and oxygen atoms in total. The van der Waals surface area contributed by atoms with Crippen LogP contribution in [0.3, 0.4) is 0 Å². The van der Waals surface area contributed by atoms with E-state index < -0.39 is 11.3 Å². The van der Waals surface area contributed by atoms with Crippen LogP contribution in [0.4, 0.5) is 0 Å². The first-order chi connectivity index (χ1) is 12.2. The van der Waals surface area contributed by atoms with Crippen molar-refractivity contribution in [1.29, 1.82) is 0 Å². The summed E-state index contributed by atoms with van der Waals surface area (Å²) in [6, 6.07) is 3.59. The van der Waals surface area contributed by atoms with Gasteiger partial charge < -0.3 is 29.8 Å². The van der Waals surface area contributed by atoms with Gasteiger partial charge in [-0.3, -0.25) is 4.79 Å². The molecule has 1 unspecified atom stereocenters. The average Bonchev–Trinajstić information content (AvgIpc) is 2.56. The van der Waals surface area contributed by atoms with Gasteiger partial charge in [-0.15, -0.1) is 10.1 Å². The maximum atomic E-state index is 11.3. The molecule has 0 aliphatic rings. The van der Waals surface area contributed by atoms with Crippen LogP contribution in [0.2, 0.25) is 0 Å². The third kappa shape index (κ3) is 9.13. The molecule has 26 heavy (non-hydrogen) atoms. The molecular formula is C16H22N2O8. The molecule has 0 bridgehead atoms. The highest BCUT2D eigenvalue weighted by atomic mass is 16.9. The number of amides is 1. The number of methoxy groups -OCH3 is 3. The van der Waals surface area contributed by atoms with E-state index in [4.69, 9.17) is 34.6 Å². The SMILES string of the molecule is COc1cc(C=CC=CC(=O)NC(C)O)cc(OC)c1OC.O=[N+]([O-])O. The van der Waals surface area contributed by atoms with Crippen molar-refractivity contribution in [1.82, 2.24) is 5.32 Å². The number of allylic oxidation sites excluding steroid dienone is 2. The quantitative estimate of drug-likeness (QED) is 0.215. The molecule has 0 spiro atoms. The minimum absolute atomic E-state index is 0.371. The summed E-state index contributed by atoms with van der Waals surface area (Å²) >= 11 is 0. The zero-order chi connectivity index (χ0) is 20.1. The van der Waals surface area contributed by atoms with E-state index in [1.54, 1.807) is 51.7 Å². The monoisotopic (exact) mass is 370 g/mol. The van der Waals surface area contributed by atoms with E-state index in [1.807, 2.05) is 0 Å². The molecule has 144 valence electrons. The number of rotatable bonds is 7. The zero-order valence-electron chi connectivity index (χ0n) is 14.8. The van der Waals surface area contributed by atoms with Gasteiger partial charge in [-0.25, -0.2) is 0 Å². The molecule has 10 heteroatoms. The lowest BCUT2D eigenvalue weighted by Crippen LogP contribution is -2.30. The van der Waals surface area contributed by atoms with Crippen LogP contribution < -0.4 is 19.5 Å². The molecule has 1 amide bonds. The molecule has 0 radical (unpaired) electrons. The van der Waals surface area contributed by atoms with Crippen LogP contribution in [-0.2, 0) is 4.79 Å². The largest absolute Gasteiger partial charge is 0.493 e. The van der Waals surface area contributed by atoms with Crippen molar-refractivity contribution in [2.24, 2.45) is 0 Å². The van der Waals surface area contributed by atoms with Crippen LogP contribution in [0.25, 0.3) is 6.08 Å². The Labute approximate surface area is 150 Å². The van der Waals surface area contributed by atoms with Crippen LogP contribution in [-0.4, -0.2) is 48.9 Å². The van der Waals surface area contributed by atoms with E-state index in [0.29, 0.717) is 17.2 Å². The van der Waals surface area contributed by atoms with Gasteiger partial charge in [-0.2, -0.15) is 0 Å². The molecule has 0 saturated heterocycles. The van der Waals surface area contributed by atoms with Crippen molar-refractivity contribution in [3.8, 4) is 17.2 Å². The van der Waals surface area contributed by atoms with Crippen LogP contribution in [0.15, 0.2) is 30.4 Å². The average molecular weight is 370 g/mol. The Balaban J connectivity index is 0.00000141. The molecule has 0 aliphatic heterocycles. The van der Waals surface area contributed by atoms with Gasteiger partial charge in [0.05, 0.1) is 21.3 Å². The lowest BCUT2D eigenvalue weighted by molar-refractivity contribution is -0.742. The van der Waals surface area contributed by atoms with Crippen LogP contribution in [0.5, 0.6) is 17.2 Å². The molecule has 3 N–H and O–H groups in total. The van der Waals surface area contributed by atoms with Crippen molar-refractivity contribution in [3.63, 3.8) is 0 Å². The van der Waals surface area contributed by atoms with E-state index in [9.17, 15) is 4.79 Å². The number of carbonyl (C=O) groups is 1. The summed E-state index contributed by atoms with van der Waals surface area (Å²) in [5.74, 6) is 1.26. The van der Waals surface area contributed by atoms with Crippen molar-refractivity contribution in [2.45, 2.75) is 13.2 Å². The molecule has 0 aliphatic carbocycles. The molecule has 1 aromatic rings. The van der Waals surface area contributed by atoms with E-state index in [2.05, 4.69) is 5.32 Å². The predicted octanol–water partition coefficient (Wildman–Crippen LogP) is 1.39. The van der Waals surface area contributed by atoms with E-state index in [0.717, 1.165) is 5.56 Å². The number of ether oxygens (including phenoxy) is 3. The lowest BCUT2D eigenvalue weighted by Gasteiger charge is -2.12. The molecule has 0 fully saturated rings. The van der Waals surface area contributed by atoms with Gasteiger partial charge in [0.1, 0.15) is 6.23 Å². The van der Waals surface area contributed by atoms with Crippen molar-refractivity contribution in [3.05, 3.63) is 46.0 Å². The molecule has 1 rings (SSSR count). The second kappa shape index (κ2) is 12.1. The number of hydrogen-bond acceptors (Lipinski definition) is 7. The molecule has 0 aromatic heterocycles. The lowest BCUT2D eigenvalue weighted by atomic mass is 10.1. The minimum atomic E-state index is -1.50. The van der Waals surface area contributed by atoms with Gasteiger partial charge in [-0.1, -0.05) is 18.2 Å². The summed E-state index contributed by atoms with van der Waals surface area (Å²) in [5.41, 5.74) is 0.829. The van der Waals surface area contributed by atoms with Crippen molar-refractivity contribution >= 4 is 12.0 Å². The third-order valence-corrected chi connectivity index (χ3v) is 2.69. The minimum Gasteiger partial charge on any atom is -0.493 e. The van der Waals surface area contributed by atoms with Gasteiger partial charge in [0.2, 0.25) is 11.7 Å². The van der Waals surface area contributed by atoms with Gasteiger partial charge in [0.25, 0.3) is 5.09 Å². The Hall–Kier alpha value is -3.27. The Morgan fingerprint density at radius 2 is 1.69 bits per heavy atom. The second-order valence-corrected chi connectivity index (χ2v) is 4.60. The van der Waals surface area contributed by atoms with Gasteiger partial charge in [0, 0.05) is 6.08 Å². The third-order valence-electron chi connectivity index (χ3n) is 2.69. The number of aliphatic hydroxyl groups excluding tert-OH is 1. The van der Waals surface area contributed by atoms with Gasteiger partial charge >= 0.3 is 0 Å². The number of hydrogen-bond donors (Lipinski definition) is 3. The van der Waals surface area contributed by atoms with Crippen LogP contribution in [0, 0.1) is 10.1 Å². The zero-order valence-corrected chi connectivity index (χ0v) is 14.8. The standard InChI is InChI=1S/C16H21NO5.HNO3/c1-11(18)17-15(19)8-6-5-7-12-9-13(20-2)16(22-4)14(10-12)21-3;2-1(3)4/h5-11,18H,1-4H3,(H,17,19);(H,2,3,4). The first kappa shape index (κ1) is 22.7. The fourth-order valence-electron chi connectivity index (χ4n) is 1.76. The van der Waals surface area contributed by atoms with E-state index in [-0.39, 0.29) is 5.91 Å². The smallest absolute Gasteiger partial charge is 0.291 e. The molecule has 1 atom stereocenters. The summed E-state index contributed by atoms with van der Waals surface area (Å²) in [6.07, 6.45) is 5.50. The summed E-state index contributed by atoms with van der Waals surface area (Å²) in [4.78, 5) is 19.7. The summed E-state index contributed by atoms with van der Waals surface area (Å²) in [7, 11) is 4.63. The molecule has 0 saturated carbocycles. The molecular weight excluding hydrogens is 348 g/mol. The Kier molecular flexibility index (Phi) is 10.6. The molecule has 1 aromatic carbocycles. The normalized spacial score (nSPS) is 11.4. The first-order valence-corrected chi connectivity index (χ1v) is 7.21. The predicted molar refractivity (Wildman–Crippen MR) is 92.9 cm³/mol. The van der Waals surface area contributed by atoms with Crippen molar-refractivity contribution < 1.29 is 34.4 Å². The topological polar surface area (TPSA) is 140 Å². The Bertz CT molecular complexity index is 627. The number of nitrogens with one attached hydrogen (secondary N) is 1. The van der Waals surface area contributed by atoms with E-state index in [1.165, 1.54) is 13.0 Å². The fourth-order valence-corrected chi connectivity index (χ4v) is 1.76. The first-order valence-electron chi connectivity index (χ1n) is 7.21. The Morgan fingerprint density at radius 1 is 1.19 bits per heavy atom. The highest BCUT2D eigenvalue weighted by Crippen LogP contribution is 2.38. The second-order valence-electron chi connectivity index (χ2n) is 4.60. The summed E-state index contributed by atoms with van der Waals surface area (Å²) in [5, 5.41) is 25.0. The molecule has 0 heterocycles. The highest BCUT2D eigenvalue weighted by Gasteiger charge is 2.11. The van der Waals surface area contributed by atoms with Gasteiger partial charge in [0.15, 0.2) is 11.5 Å². The maximum Gasteiger partial charge on any atom is 0.291 e. The number of nitrogens with zero attached hydrogens (tertiary/aromatic N) is 1. The summed E-state index contributed by atoms with van der Waals surface area (Å²) in [6.45, 7) is 1.47. The summed E-state index contributed by atoms with van der Waals surface area (Å²) < 4.78 is 15.8. The van der Waals surface area contributed by atoms with Crippen molar-refractivity contribution in [2.75, 3.05) is 21.3 Å².